The molecule has 2 amide bonds. The fourth-order valence-electron chi connectivity index (χ4n) is 4.63. The molecule has 33 heavy (non-hydrogen) atoms. The average molecular weight is 474 g/mol. The van der Waals surface area contributed by atoms with Gasteiger partial charge in [-0.1, -0.05) is 6.42 Å². The Morgan fingerprint density at radius 2 is 1.91 bits per heavy atom. The number of amides is 2. The van der Waals surface area contributed by atoms with Gasteiger partial charge in [-0.2, -0.15) is 4.31 Å². The number of hydrogen-bond donors (Lipinski definition) is 1. The van der Waals surface area contributed by atoms with Crippen molar-refractivity contribution in [3.05, 3.63) is 47.9 Å². The Morgan fingerprint density at radius 1 is 1.18 bits per heavy atom. The van der Waals surface area contributed by atoms with Crippen molar-refractivity contribution in [2.45, 2.75) is 62.8 Å². The van der Waals surface area contributed by atoms with Gasteiger partial charge in [0.05, 0.1) is 16.6 Å². The third kappa shape index (κ3) is 4.56. The lowest BCUT2D eigenvalue weighted by molar-refractivity contribution is -0.125. The number of carbonyl (C=O) groups is 2. The highest BCUT2D eigenvalue weighted by Crippen LogP contribution is 2.42. The molecule has 1 aromatic carbocycles. The Morgan fingerprint density at radius 3 is 2.58 bits per heavy atom. The van der Waals surface area contributed by atoms with Crippen LogP contribution in [0.5, 0.6) is 0 Å². The summed E-state index contributed by atoms with van der Waals surface area (Å²) in [4.78, 5) is 27.5. The van der Waals surface area contributed by atoms with Crippen LogP contribution in [0.1, 0.15) is 51.4 Å². The maximum Gasteiger partial charge on any atom is 0.243 e. The monoisotopic (exact) mass is 473 g/mol. The maximum atomic E-state index is 13.2. The number of hydrogen-bond acceptors (Lipinski definition) is 5. The first-order valence-electron chi connectivity index (χ1n) is 11.4. The molecule has 8 nitrogen and oxygen atoms in total. The average Bonchev–Trinajstić information content (AvgIpc) is 3.35. The number of carbonyl (C=O) groups excluding carboxylic acids is 2. The van der Waals surface area contributed by atoms with E-state index in [4.69, 9.17) is 4.42 Å². The summed E-state index contributed by atoms with van der Waals surface area (Å²) in [6, 6.07) is 8.28. The lowest BCUT2D eigenvalue weighted by atomic mass is 9.86. The van der Waals surface area contributed by atoms with E-state index in [1.165, 1.54) is 9.21 Å². The Labute approximate surface area is 195 Å². The summed E-state index contributed by atoms with van der Waals surface area (Å²) in [5, 5.41) is 2.91. The second-order valence-electron chi connectivity index (χ2n) is 9.41. The number of benzene rings is 1. The van der Waals surface area contributed by atoms with Crippen molar-refractivity contribution in [2.75, 3.05) is 24.5 Å². The second kappa shape index (κ2) is 8.95. The molecule has 0 saturated carbocycles. The summed E-state index contributed by atoms with van der Waals surface area (Å²) in [6.07, 6.45) is 4.89. The van der Waals surface area contributed by atoms with E-state index >= 15 is 0 Å². The molecule has 0 bridgehead atoms. The van der Waals surface area contributed by atoms with E-state index in [0.717, 1.165) is 25.0 Å². The molecular weight excluding hydrogens is 442 g/mol. The molecule has 4 rings (SSSR count). The van der Waals surface area contributed by atoms with Gasteiger partial charge in [0.15, 0.2) is 0 Å². The van der Waals surface area contributed by atoms with Crippen LogP contribution in [-0.4, -0.2) is 50.2 Å². The van der Waals surface area contributed by atoms with Crippen LogP contribution in [0.3, 0.4) is 0 Å². The van der Waals surface area contributed by atoms with Gasteiger partial charge in [0.2, 0.25) is 21.8 Å². The maximum absolute atomic E-state index is 13.2. The molecule has 3 heterocycles. The van der Waals surface area contributed by atoms with E-state index < -0.39 is 15.4 Å². The summed E-state index contributed by atoms with van der Waals surface area (Å²) < 4.78 is 33.1. The normalized spacial score (nSPS) is 19.4. The minimum atomic E-state index is -3.62. The van der Waals surface area contributed by atoms with Gasteiger partial charge in [-0.25, -0.2) is 8.42 Å². The van der Waals surface area contributed by atoms with Gasteiger partial charge in [0.1, 0.15) is 12.3 Å². The molecule has 2 aliphatic rings. The van der Waals surface area contributed by atoms with Crippen molar-refractivity contribution in [1.82, 2.24) is 9.62 Å². The third-order valence-electron chi connectivity index (χ3n) is 6.46. The van der Waals surface area contributed by atoms with Crippen molar-refractivity contribution >= 4 is 27.5 Å². The molecule has 1 N–H and O–H groups in total. The zero-order valence-corrected chi connectivity index (χ0v) is 20.2. The first-order valence-corrected chi connectivity index (χ1v) is 12.8. The molecule has 1 atom stereocenters. The van der Waals surface area contributed by atoms with Crippen LogP contribution in [-0.2, 0) is 31.4 Å². The number of furan rings is 1. The highest BCUT2D eigenvalue weighted by Gasteiger charge is 2.45. The Balaban J connectivity index is 1.53. The lowest BCUT2D eigenvalue weighted by Crippen LogP contribution is -2.45. The smallest absolute Gasteiger partial charge is 0.243 e. The number of piperidine rings is 1. The molecule has 0 unspecified atom stereocenters. The van der Waals surface area contributed by atoms with Crippen molar-refractivity contribution in [2.24, 2.45) is 0 Å². The molecule has 9 heteroatoms. The quantitative estimate of drug-likeness (QED) is 0.667. The zero-order chi connectivity index (χ0) is 23.8. The van der Waals surface area contributed by atoms with Gasteiger partial charge in [-0.15, -0.1) is 0 Å². The molecule has 2 aromatic rings. The van der Waals surface area contributed by atoms with Crippen LogP contribution in [0, 0.1) is 0 Å². The van der Waals surface area contributed by atoms with E-state index in [0.29, 0.717) is 30.8 Å². The molecule has 0 radical (unpaired) electrons. The van der Waals surface area contributed by atoms with Crippen molar-refractivity contribution in [3.8, 4) is 0 Å². The number of fused-ring (bicyclic) bond motifs is 1. The Hall–Kier alpha value is -2.65. The molecule has 1 saturated heterocycles. The number of anilines is 1. The van der Waals surface area contributed by atoms with Crippen LogP contribution in [0.2, 0.25) is 0 Å². The minimum Gasteiger partial charge on any atom is -0.469 e. The fourth-order valence-corrected chi connectivity index (χ4v) is 6.17. The van der Waals surface area contributed by atoms with Crippen LogP contribution >= 0.6 is 0 Å². The molecule has 0 aliphatic carbocycles. The van der Waals surface area contributed by atoms with E-state index in [1.54, 1.807) is 44.4 Å². The van der Waals surface area contributed by atoms with Crippen molar-refractivity contribution in [1.29, 1.82) is 0 Å². The largest absolute Gasteiger partial charge is 0.469 e. The minimum absolute atomic E-state index is 0.129. The first kappa shape index (κ1) is 23.5. The summed E-state index contributed by atoms with van der Waals surface area (Å²) in [5.41, 5.74) is 0.279. The van der Waals surface area contributed by atoms with E-state index in [1.807, 2.05) is 13.0 Å². The zero-order valence-electron chi connectivity index (χ0n) is 19.3. The predicted molar refractivity (Wildman–Crippen MR) is 124 cm³/mol. The summed E-state index contributed by atoms with van der Waals surface area (Å²) in [5.74, 6) is 0.268. The number of nitrogens with zero attached hydrogens (tertiary/aromatic N) is 2. The van der Waals surface area contributed by atoms with E-state index in [-0.39, 0.29) is 29.3 Å². The van der Waals surface area contributed by atoms with Gasteiger partial charge < -0.3 is 14.6 Å². The van der Waals surface area contributed by atoms with Gasteiger partial charge in [-0.05, 0) is 69.5 Å². The molecule has 2 aliphatic heterocycles. The summed E-state index contributed by atoms with van der Waals surface area (Å²) in [7, 11) is -3.62. The molecule has 0 spiro atoms. The number of sulfonamides is 1. The number of nitrogens with one attached hydrogen (secondary N) is 1. The molecular formula is C24H31N3O5S. The van der Waals surface area contributed by atoms with Crippen molar-refractivity contribution < 1.29 is 22.4 Å². The predicted octanol–water partition coefficient (Wildman–Crippen LogP) is 2.83. The summed E-state index contributed by atoms with van der Waals surface area (Å²) >= 11 is 0. The van der Waals surface area contributed by atoms with E-state index in [9.17, 15) is 18.0 Å². The summed E-state index contributed by atoms with van der Waals surface area (Å²) in [6.45, 7) is 6.32. The van der Waals surface area contributed by atoms with Crippen molar-refractivity contribution in [3.63, 3.8) is 0 Å². The standard InChI is InChI=1S/C24H31N3O5S/c1-17(14-18-8-7-13-32-18)25-22(28)16-27-21-10-9-19(15-20(21)24(2,3)23(27)29)33(30,31)26-11-5-4-6-12-26/h7-10,13,15,17H,4-6,11-12,14,16H2,1-3H3,(H,25,28)/t17-/m0/s1. The topological polar surface area (TPSA) is 99.9 Å². The van der Waals surface area contributed by atoms with Gasteiger partial charge in [-0.3, -0.25) is 9.59 Å². The van der Waals surface area contributed by atoms with Gasteiger partial charge >= 0.3 is 0 Å². The highest BCUT2D eigenvalue weighted by atomic mass is 32.2. The Bertz CT molecular complexity index is 1130. The van der Waals surface area contributed by atoms with Crippen LogP contribution in [0.25, 0.3) is 0 Å². The Kier molecular flexibility index (Phi) is 6.37. The lowest BCUT2D eigenvalue weighted by Gasteiger charge is -2.26. The fraction of sp³-hybridized carbons (Fsp3) is 0.500. The number of rotatable bonds is 7. The molecule has 1 aromatic heterocycles. The van der Waals surface area contributed by atoms with Crippen LogP contribution in [0.4, 0.5) is 5.69 Å². The van der Waals surface area contributed by atoms with Gasteiger partial charge in [0, 0.05) is 31.2 Å². The van der Waals surface area contributed by atoms with Gasteiger partial charge in [0.25, 0.3) is 0 Å². The van der Waals surface area contributed by atoms with Crippen LogP contribution in [0.15, 0.2) is 45.9 Å². The first-order chi connectivity index (χ1) is 15.6. The van der Waals surface area contributed by atoms with Crippen LogP contribution < -0.4 is 10.2 Å². The molecule has 1 fully saturated rings. The van der Waals surface area contributed by atoms with E-state index in [2.05, 4.69) is 5.32 Å². The highest BCUT2D eigenvalue weighted by molar-refractivity contribution is 7.89. The second-order valence-corrected chi connectivity index (χ2v) is 11.3. The third-order valence-corrected chi connectivity index (χ3v) is 8.36. The SMILES string of the molecule is C[C@@H](Cc1ccco1)NC(=O)CN1C(=O)C(C)(C)c2cc(S(=O)(=O)N3CCCCC3)ccc21. The molecule has 178 valence electrons.